The van der Waals surface area contributed by atoms with Gasteiger partial charge in [0.15, 0.2) is 0 Å². The molecule has 0 aliphatic rings. The van der Waals surface area contributed by atoms with E-state index in [1.54, 1.807) is 31.5 Å². The van der Waals surface area contributed by atoms with Crippen LogP contribution >= 0.6 is 0 Å². The summed E-state index contributed by atoms with van der Waals surface area (Å²) in [5.41, 5.74) is -0.764. The average molecular weight is 237 g/mol. The van der Waals surface area contributed by atoms with Crippen LogP contribution in [0.15, 0.2) is 24.5 Å². The molecule has 2 unspecified atom stereocenters. The van der Waals surface area contributed by atoms with Gasteiger partial charge in [0.25, 0.3) is 0 Å². The molecule has 2 N–H and O–H groups in total. The van der Waals surface area contributed by atoms with E-state index in [2.05, 4.69) is 4.98 Å². The van der Waals surface area contributed by atoms with Crippen LogP contribution in [-0.2, 0) is 10.4 Å². The zero-order valence-electron chi connectivity index (χ0n) is 10.3. The quantitative estimate of drug-likeness (QED) is 0.795. The zero-order valence-corrected chi connectivity index (χ0v) is 10.3. The monoisotopic (exact) mass is 237 g/mol. The molecule has 0 radical (unpaired) electrons. The van der Waals surface area contributed by atoms with Crippen molar-refractivity contribution in [2.75, 3.05) is 0 Å². The molecular formula is C13H19NO3. The lowest BCUT2D eigenvalue weighted by Gasteiger charge is -2.30. The minimum Gasteiger partial charge on any atom is -0.481 e. The van der Waals surface area contributed by atoms with Crippen LogP contribution < -0.4 is 0 Å². The van der Waals surface area contributed by atoms with Crippen LogP contribution in [0.2, 0.25) is 0 Å². The van der Waals surface area contributed by atoms with E-state index in [-0.39, 0.29) is 0 Å². The maximum Gasteiger partial charge on any atom is 0.309 e. The lowest BCUT2D eigenvalue weighted by Crippen LogP contribution is -2.37. The molecule has 0 saturated heterocycles. The molecule has 0 bridgehead atoms. The summed E-state index contributed by atoms with van der Waals surface area (Å²) in [6.45, 7) is 3.55. The van der Waals surface area contributed by atoms with Crippen LogP contribution in [0.3, 0.4) is 0 Å². The van der Waals surface area contributed by atoms with Gasteiger partial charge in [-0.25, -0.2) is 0 Å². The van der Waals surface area contributed by atoms with Crippen molar-refractivity contribution in [1.29, 1.82) is 0 Å². The van der Waals surface area contributed by atoms with Gasteiger partial charge in [0, 0.05) is 12.4 Å². The Kier molecular flexibility index (Phi) is 4.63. The number of carbonyl (C=O) groups is 1. The summed E-state index contributed by atoms with van der Waals surface area (Å²) < 4.78 is 0. The molecule has 0 spiro atoms. The molecule has 4 heteroatoms. The first-order chi connectivity index (χ1) is 8.00. The van der Waals surface area contributed by atoms with Gasteiger partial charge in [0.2, 0.25) is 0 Å². The number of aromatic nitrogens is 1. The average Bonchev–Trinajstić information content (AvgIpc) is 2.30. The van der Waals surface area contributed by atoms with Gasteiger partial charge in [-0.05, 0) is 31.0 Å². The van der Waals surface area contributed by atoms with Crippen LogP contribution in [0.25, 0.3) is 0 Å². The summed E-state index contributed by atoms with van der Waals surface area (Å²) in [5, 5.41) is 19.7. The molecule has 0 aliphatic carbocycles. The van der Waals surface area contributed by atoms with Crippen molar-refractivity contribution in [3.63, 3.8) is 0 Å². The Morgan fingerprint density at radius 2 is 2.06 bits per heavy atom. The van der Waals surface area contributed by atoms with Crippen molar-refractivity contribution in [3.05, 3.63) is 30.1 Å². The highest BCUT2D eigenvalue weighted by Gasteiger charge is 2.38. The molecule has 0 aliphatic heterocycles. The van der Waals surface area contributed by atoms with Crippen molar-refractivity contribution >= 4 is 5.97 Å². The van der Waals surface area contributed by atoms with Gasteiger partial charge >= 0.3 is 5.97 Å². The Morgan fingerprint density at radius 1 is 1.47 bits per heavy atom. The Morgan fingerprint density at radius 3 is 2.53 bits per heavy atom. The number of pyridine rings is 1. The minimum atomic E-state index is -1.36. The van der Waals surface area contributed by atoms with Crippen molar-refractivity contribution < 1.29 is 15.0 Å². The first kappa shape index (κ1) is 13.6. The third kappa shape index (κ3) is 3.27. The Bertz CT molecular complexity index is 362. The number of carboxylic acid groups (broad SMARTS) is 1. The van der Waals surface area contributed by atoms with Crippen molar-refractivity contribution in [2.24, 2.45) is 5.92 Å². The highest BCUT2D eigenvalue weighted by atomic mass is 16.4. The number of aliphatic carboxylic acids is 1. The second-order valence-electron chi connectivity index (χ2n) is 4.42. The number of unbranched alkanes of at least 4 members (excludes halogenated alkanes) is 1. The lowest BCUT2D eigenvalue weighted by molar-refractivity contribution is -0.152. The Balaban J connectivity index is 2.95. The molecule has 1 rings (SSSR count). The molecule has 0 fully saturated rings. The van der Waals surface area contributed by atoms with E-state index in [9.17, 15) is 15.0 Å². The smallest absolute Gasteiger partial charge is 0.309 e. The summed E-state index contributed by atoms with van der Waals surface area (Å²) in [6, 6.07) is 3.31. The zero-order chi connectivity index (χ0) is 12.9. The molecule has 0 aromatic carbocycles. The molecule has 2 atom stereocenters. The topological polar surface area (TPSA) is 70.4 Å². The highest BCUT2D eigenvalue weighted by Crippen LogP contribution is 2.32. The number of rotatable bonds is 6. The summed E-state index contributed by atoms with van der Waals surface area (Å²) in [4.78, 5) is 15.1. The second-order valence-corrected chi connectivity index (χ2v) is 4.42. The Labute approximate surface area is 101 Å². The third-order valence-electron chi connectivity index (χ3n) is 3.09. The molecule has 0 saturated carbocycles. The number of aliphatic hydroxyl groups is 1. The normalized spacial score (nSPS) is 16.2. The summed E-state index contributed by atoms with van der Waals surface area (Å²) >= 11 is 0. The van der Waals surface area contributed by atoms with E-state index in [1.165, 1.54) is 0 Å². The lowest BCUT2D eigenvalue weighted by atomic mass is 9.80. The maximum atomic E-state index is 11.2. The van der Waals surface area contributed by atoms with E-state index in [0.29, 0.717) is 12.0 Å². The molecule has 94 valence electrons. The van der Waals surface area contributed by atoms with Gasteiger partial charge in [-0.15, -0.1) is 0 Å². The third-order valence-corrected chi connectivity index (χ3v) is 3.09. The molecule has 1 aromatic heterocycles. The van der Waals surface area contributed by atoms with Gasteiger partial charge in [-0.3, -0.25) is 9.78 Å². The fraction of sp³-hybridized carbons (Fsp3) is 0.538. The predicted molar refractivity (Wildman–Crippen MR) is 64.5 cm³/mol. The van der Waals surface area contributed by atoms with Crippen molar-refractivity contribution in [3.8, 4) is 0 Å². The number of carboxylic acids is 1. The Hall–Kier alpha value is -1.42. The van der Waals surface area contributed by atoms with Gasteiger partial charge in [0.1, 0.15) is 5.60 Å². The van der Waals surface area contributed by atoms with E-state index >= 15 is 0 Å². The standard InChI is InChI=1S/C13H19NO3/c1-3-4-5-11(12(15)16)13(2,17)10-6-8-14-9-7-10/h6-9,11,17H,3-5H2,1-2H3,(H,15,16). The van der Waals surface area contributed by atoms with E-state index in [4.69, 9.17) is 0 Å². The van der Waals surface area contributed by atoms with Gasteiger partial charge < -0.3 is 10.2 Å². The van der Waals surface area contributed by atoms with Crippen LogP contribution in [0.5, 0.6) is 0 Å². The first-order valence-electron chi connectivity index (χ1n) is 5.85. The molecule has 0 amide bonds. The number of nitrogens with zero attached hydrogens (tertiary/aromatic N) is 1. The summed E-state index contributed by atoms with van der Waals surface area (Å²) in [6.07, 6.45) is 5.29. The molecule has 4 nitrogen and oxygen atoms in total. The highest BCUT2D eigenvalue weighted by molar-refractivity contribution is 5.71. The van der Waals surface area contributed by atoms with E-state index in [0.717, 1.165) is 12.8 Å². The predicted octanol–water partition coefficient (Wildman–Crippen LogP) is 2.18. The number of hydrogen-bond acceptors (Lipinski definition) is 3. The summed E-state index contributed by atoms with van der Waals surface area (Å²) in [7, 11) is 0. The van der Waals surface area contributed by atoms with Crippen LogP contribution in [-0.4, -0.2) is 21.2 Å². The molecule has 1 heterocycles. The van der Waals surface area contributed by atoms with Gasteiger partial charge in [0.05, 0.1) is 5.92 Å². The summed E-state index contributed by atoms with van der Waals surface area (Å²) in [5.74, 6) is -1.75. The van der Waals surface area contributed by atoms with Crippen LogP contribution in [0.1, 0.15) is 38.7 Å². The van der Waals surface area contributed by atoms with Crippen LogP contribution in [0, 0.1) is 5.92 Å². The second kappa shape index (κ2) is 5.77. The minimum absolute atomic E-state index is 0.473. The van der Waals surface area contributed by atoms with E-state index in [1.807, 2.05) is 6.92 Å². The molecule has 17 heavy (non-hydrogen) atoms. The van der Waals surface area contributed by atoms with Gasteiger partial charge in [-0.1, -0.05) is 19.8 Å². The SMILES string of the molecule is CCCCC(C(=O)O)C(C)(O)c1ccncc1. The van der Waals surface area contributed by atoms with E-state index < -0.39 is 17.5 Å². The van der Waals surface area contributed by atoms with Crippen LogP contribution in [0.4, 0.5) is 0 Å². The fourth-order valence-corrected chi connectivity index (χ4v) is 1.94. The largest absolute Gasteiger partial charge is 0.481 e. The maximum absolute atomic E-state index is 11.2. The van der Waals surface area contributed by atoms with Gasteiger partial charge in [-0.2, -0.15) is 0 Å². The molecule has 1 aromatic rings. The van der Waals surface area contributed by atoms with Crippen molar-refractivity contribution in [2.45, 2.75) is 38.7 Å². The number of hydrogen-bond donors (Lipinski definition) is 2. The first-order valence-corrected chi connectivity index (χ1v) is 5.85. The fourth-order valence-electron chi connectivity index (χ4n) is 1.94. The van der Waals surface area contributed by atoms with Crippen molar-refractivity contribution in [1.82, 2.24) is 4.98 Å². The molecular weight excluding hydrogens is 218 g/mol.